The molecule has 92 valence electrons. The number of aromatic nitrogens is 2. The Morgan fingerprint density at radius 2 is 2.12 bits per heavy atom. The van der Waals surface area contributed by atoms with Gasteiger partial charge in [-0.1, -0.05) is 0 Å². The first kappa shape index (κ1) is 10.6. The Morgan fingerprint density at radius 3 is 2.82 bits per heavy atom. The summed E-state index contributed by atoms with van der Waals surface area (Å²) in [5.41, 5.74) is 0.901. The van der Waals surface area contributed by atoms with E-state index in [1.807, 2.05) is 10.9 Å². The Balaban J connectivity index is 1.75. The van der Waals surface area contributed by atoms with E-state index in [2.05, 4.69) is 15.7 Å². The van der Waals surface area contributed by atoms with Crippen molar-refractivity contribution < 1.29 is 4.79 Å². The lowest BCUT2D eigenvalue weighted by atomic mass is 10.1. The SMILES string of the molecule is O=C1NCCN1c1cnn(C2CCNCC2)c1. The topological polar surface area (TPSA) is 62.2 Å². The Labute approximate surface area is 100.0 Å². The van der Waals surface area contributed by atoms with Crippen molar-refractivity contribution in [3.63, 3.8) is 0 Å². The van der Waals surface area contributed by atoms with Crippen LogP contribution in [-0.2, 0) is 0 Å². The fraction of sp³-hybridized carbons (Fsp3) is 0.636. The van der Waals surface area contributed by atoms with Crippen molar-refractivity contribution in [2.24, 2.45) is 0 Å². The minimum absolute atomic E-state index is 0.0186. The van der Waals surface area contributed by atoms with Crippen LogP contribution < -0.4 is 15.5 Å². The lowest BCUT2D eigenvalue weighted by molar-refractivity contribution is 0.252. The second-order valence-corrected chi connectivity index (χ2v) is 4.54. The number of nitrogens with zero attached hydrogens (tertiary/aromatic N) is 3. The van der Waals surface area contributed by atoms with Crippen molar-refractivity contribution in [2.45, 2.75) is 18.9 Å². The van der Waals surface area contributed by atoms with E-state index < -0.39 is 0 Å². The monoisotopic (exact) mass is 235 g/mol. The first-order chi connectivity index (χ1) is 8.34. The van der Waals surface area contributed by atoms with E-state index in [-0.39, 0.29) is 6.03 Å². The van der Waals surface area contributed by atoms with Crippen molar-refractivity contribution in [3.05, 3.63) is 12.4 Å². The average Bonchev–Trinajstić information content (AvgIpc) is 2.98. The van der Waals surface area contributed by atoms with Gasteiger partial charge in [0, 0.05) is 19.3 Å². The Hall–Kier alpha value is -1.56. The van der Waals surface area contributed by atoms with Gasteiger partial charge >= 0.3 is 6.03 Å². The Morgan fingerprint density at radius 1 is 1.29 bits per heavy atom. The highest BCUT2D eigenvalue weighted by atomic mass is 16.2. The largest absolute Gasteiger partial charge is 0.336 e. The van der Waals surface area contributed by atoms with Gasteiger partial charge in [-0.25, -0.2) is 4.79 Å². The van der Waals surface area contributed by atoms with Gasteiger partial charge in [0.25, 0.3) is 0 Å². The maximum atomic E-state index is 11.5. The molecule has 3 heterocycles. The molecule has 2 N–H and O–H groups in total. The molecule has 0 aliphatic carbocycles. The van der Waals surface area contributed by atoms with Crippen LogP contribution >= 0.6 is 0 Å². The van der Waals surface area contributed by atoms with E-state index in [1.165, 1.54) is 0 Å². The van der Waals surface area contributed by atoms with Crippen molar-refractivity contribution >= 4 is 11.7 Å². The van der Waals surface area contributed by atoms with Gasteiger partial charge in [0.15, 0.2) is 0 Å². The smallest absolute Gasteiger partial charge is 0.322 e. The summed E-state index contributed by atoms with van der Waals surface area (Å²) in [6.45, 7) is 3.54. The number of hydrogen-bond acceptors (Lipinski definition) is 3. The average molecular weight is 235 g/mol. The van der Waals surface area contributed by atoms with E-state index >= 15 is 0 Å². The number of nitrogens with one attached hydrogen (secondary N) is 2. The van der Waals surface area contributed by atoms with E-state index in [1.54, 1.807) is 11.1 Å². The zero-order valence-electron chi connectivity index (χ0n) is 9.72. The van der Waals surface area contributed by atoms with E-state index in [0.29, 0.717) is 6.04 Å². The zero-order valence-corrected chi connectivity index (χ0v) is 9.72. The summed E-state index contributed by atoms with van der Waals surface area (Å²) in [6.07, 6.45) is 5.98. The van der Waals surface area contributed by atoms with E-state index in [0.717, 1.165) is 44.7 Å². The zero-order chi connectivity index (χ0) is 11.7. The minimum Gasteiger partial charge on any atom is -0.336 e. The van der Waals surface area contributed by atoms with Crippen LogP contribution in [0.2, 0.25) is 0 Å². The standard InChI is InChI=1S/C11H17N5O/c17-11-13-5-6-15(11)10-7-14-16(8-10)9-1-3-12-4-2-9/h7-9,12H,1-6H2,(H,13,17). The first-order valence-electron chi connectivity index (χ1n) is 6.15. The van der Waals surface area contributed by atoms with Crippen LogP contribution in [0.5, 0.6) is 0 Å². The predicted molar refractivity (Wildman–Crippen MR) is 64.1 cm³/mol. The molecule has 2 saturated heterocycles. The maximum Gasteiger partial charge on any atom is 0.322 e. The van der Waals surface area contributed by atoms with Gasteiger partial charge in [0.2, 0.25) is 0 Å². The lowest BCUT2D eigenvalue weighted by Gasteiger charge is -2.22. The Kier molecular flexibility index (Phi) is 2.72. The number of carbonyl (C=O) groups excluding carboxylic acids is 1. The van der Waals surface area contributed by atoms with Crippen LogP contribution in [0.25, 0.3) is 0 Å². The van der Waals surface area contributed by atoms with Crippen LogP contribution in [0.1, 0.15) is 18.9 Å². The minimum atomic E-state index is -0.0186. The normalized spacial score (nSPS) is 21.9. The molecular formula is C11H17N5O. The van der Waals surface area contributed by atoms with Gasteiger partial charge in [-0.3, -0.25) is 9.58 Å². The van der Waals surface area contributed by atoms with Crippen LogP contribution in [-0.4, -0.2) is 42.0 Å². The number of carbonyl (C=O) groups is 1. The van der Waals surface area contributed by atoms with Crippen molar-refractivity contribution in [3.8, 4) is 0 Å². The molecule has 2 aliphatic rings. The summed E-state index contributed by atoms with van der Waals surface area (Å²) in [6, 6.07) is 0.450. The van der Waals surface area contributed by atoms with Crippen LogP contribution in [0, 0.1) is 0 Å². The predicted octanol–water partition coefficient (Wildman–Crippen LogP) is 0.337. The highest BCUT2D eigenvalue weighted by molar-refractivity contribution is 5.93. The third kappa shape index (κ3) is 2.00. The summed E-state index contributed by atoms with van der Waals surface area (Å²) in [7, 11) is 0. The molecule has 0 atom stereocenters. The maximum absolute atomic E-state index is 11.5. The number of piperidine rings is 1. The molecule has 2 fully saturated rings. The molecular weight excluding hydrogens is 218 g/mol. The fourth-order valence-corrected chi connectivity index (χ4v) is 2.46. The van der Waals surface area contributed by atoms with Crippen molar-refractivity contribution in [1.29, 1.82) is 0 Å². The van der Waals surface area contributed by atoms with Gasteiger partial charge in [0.05, 0.1) is 17.9 Å². The van der Waals surface area contributed by atoms with Gasteiger partial charge in [0.1, 0.15) is 0 Å². The molecule has 0 unspecified atom stereocenters. The molecule has 2 aliphatic heterocycles. The summed E-state index contributed by atoms with van der Waals surface area (Å²) < 4.78 is 2.00. The molecule has 3 rings (SSSR count). The van der Waals surface area contributed by atoms with E-state index in [4.69, 9.17) is 0 Å². The van der Waals surface area contributed by atoms with Crippen molar-refractivity contribution in [2.75, 3.05) is 31.1 Å². The highest BCUT2D eigenvalue weighted by Crippen LogP contribution is 2.22. The second-order valence-electron chi connectivity index (χ2n) is 4.54. The lowest BCUT2D eigenvalue weighted by Crippen LogP contribution is -2.30. The fourth-order valence-electron chi connectivity index (χ4n) is 2.46. The number of urea groups is 1. The molecule has 0 saturated carbocycles. The van der Waals surface area contributed by atoms with E-state index in [9.17, 15) is 4.79 Å². The molecule has 0 spiro atoms. The summed E-state index contributed by atoms with van der Waals surface area (Å²) in [5.74, 6) is 0. The molecule has 0 aromatic carbocycles. The second kappa shape index (κ2) is 4.37. The highest BCUT2D eigenvalue weighted by Gasteiger charge is 2.23. The summed E-state index contributed by atoms with van der Waals surface area (Å²) in [4.78, 5) is 13.3. The number of amides is 2. The quantitative estimate of drug-likeness (QED) is 0.777. The Bertz CT molecular complexity index is 410. The molecule has 6 heteroatoms. The molecule has 2 amide bonds. The molecule has 17 heavy (non-hydrogen) atoms. The summed E-state index contributed by atoms with van der Waals surface area (Å²) >= 11 is 0. The van der Waals surface area contributed by atoms with Crippen LogP contribution in [0.3, 0.4) is 0 Å². The number of anilines is 1. The molecule has 0 radical (unpaired) electrons. The van der Waals surface area contributed by atoms with Crippen molar-refractivity contribution in [1.82, 2.24) is 20.4 Å². The van der Waals surface area contributed by atoms with Gasteiger partial charge in [-0.05, 0) is 25.9 Å². The van der Waals surface area contributed by atoms with Crippen LogP contribution in [0.4, 0.5) is 10.5 Å². The molecule has 1 aromatic rings. The molecule has 6 nitrogen and oxygen atoms in total. The number of rotatable bonds is 2. The van der Waals surface area contributed by atoms with Gasteiger partial charge < -0.3 is 10.6 Å². The van der Waals surface area contributed by atoms with Gasteiger partial charge in [-0.15, -0.1) is 0 Å². The molecule has 1 aromatic heterocycles. The summed E-state index contributed by atoms with van der Waals surface area (Å²) in [5, 5.41) is 10.5. The third-order valence-electron chi connectivity index (χ3n) is 3.44. The van der Waals surface area contributed by atoms with Gasteiger partial charge in [-0.2, -0.15) is 5.10 Å². The molecule has 0 bridgehead atoms. The van der Waals surface area contributed by atoms with Crippen LogP contribution in [0.15, 0.2) is 12.4 Å². The third-order valence-corrected chi connectivity index (χ3v) is 3.44. The number of hydrogen-bond donors (Lipinski definition) is 2. The first-order valence-corrected chi connectivity index (χ1v) is 6.15.